The highest BCUT2D eigenvalue weighted by molar-refractivity contribution is 5.75. The SMILES string of the molecule is CC(=O)N[C@H]1[C@H](O[C@H]2[C@@H](O)[C@@H](CO)O[C@@H](O[C@H]3[C@@H](O)[C@@H](CO)OC(O)[C@@H]3NC(C)=O)[C@@H]2O)O[C@H](CO)[C@@H](O[C@@H]2O[C@H](CO[C@@H]3O[C@H](CO)[C@@H](O[C@@H]4O[C@H](CO)[C@H](O)[C@H](O)[C@H]4O)[C@@H](O)[C@H]3NC(C)=O)[C@H](O)[C@H](O[C@@H]3O[C@H](CO)[C@@H](O[C@@H]4O[C@H](CO)[C@@H](O)[C@H](O)[C@H]4NC(C)=O)[C@H](O)[C@H]3NC(C)=O)[C@H]2O)[C@@H]1O. The van der Waals surface area contributed by atoms with E-state index in [-0.39, 0.29) is 0 Å². The van der Waals surface area contributed by atoms with Crippen molar-refractivity contribution in [3.05, 3.63) is 0 Å². The van der Waals surface area contributed by atoms with E-state index >= 15 is 0 Å². The highest BCUT2D eigenvalue weighted by Gasteiger charge is 2.60. The monoisotopic (exact) mass is 1520 g/mol. The van der Waals surface area contributed by atoms with Crippen LogP contribution in [0.25, 0.3) is 0 Å². The maximum atomic E-state index is 13.1. The van der Waals surface area contributed by atoms with Gasteiger partial charge in [-0.2, -0.15) is 0 Å². The second-order valence-corrected chi connectivity index (χ2v) is 26.1. The van der Waals surface area contributed by atoms with Crippen molar-refractivity contribution in [2.24, 2.45) is 0 Å². The summed E-state index contributed by atoms with van der Waals surface area (Å²) in [5.41, 5.74) is 0. The first-order valence-electron chi connectivity index (χ1n) is 33.1. The molecule has 26 N–H and O–H groups in total. The molecule has 0 aromatic rings. The minimum Gasteiger partial charge on any atom is -0.394 e. The summed E-state index contributed by atoms with van der Waals surface area (Å²) in [5.74, 6) is -4.36. The molecule has 8 aliphatic rings. The number of aliphatic hydroxyl groups excluding tert-OH is 21. The van der Waals surface area contributed by atoms with Gasteiger partial charge in [0.15, 0.2) is 50.3 Å². The fourth-order valence-electron chi connectivity index (χ4n) is 13.4. The van der Waals surface area contributed by atoms with Gasteiger partial charge >= 0.3 is 0 Å². The van der Waals surface area contributed by atoms with Crippen molar-refractivity contribution in [2.75, 3.05) is 52.9 Å². The molecule has 8 aliphatic heterocycles. The van der Waals surface area contributed by atoms with Crippen molar-refractivity contribution in [1.82, 2.24) is 26.6 Å². The third kappa shape index (κ3) is 19.2. The molecule has 1 unspecified atom stereocenters. The average Bonchev–Trinajstić information content (AvgIpc) is 0.787. The van der Waals surface area contributed by atoms with Crippen LogP contribution in [-0.4, -0.2) is 435 Å². The lowest BCUT2D eigenvalue weighted by Gasteiger charge is -2.51. The van der Waals surface area contributed by atoms with Crippen LogP contribution in [0.5, 0.6) is 0 Å². The lowest BCUT2D eigenvalue weighted by atomic mass is 9.93. The van der Waals surface area contributed by atoms with Crippen molar-refractivity contribution in [2.45, 2.75) is 280 Å². The molecule has 5 amide bonds. The fourth-order valence-corrected chi connectivity index (χ4v) is 13.4. The average molecular weight is 1520 g/mol. The molecule has 46 nitrogen and oxygen atoms in total. The molecule has 0 radical (unpaired) electrons. The van der Waals surface area contributed by atoms with Crippen molar-refractivity contribution >= 4 is 29.5 Å². The van der Waals surface area contributed by atoms with Crippen LogP contribution in [0.2, 0.25) is 0 Å². The molecular formula is C58H97N5O41. The Morgan fingerprint density at radius 1 is 0.250 bits per heavy atom. The zero-order valence-corrected chi connectivity index (χ0v) is 56.3. The quantitative estimate of drug-likeness (QED) is 0.0363. The number of hydrogen-bond donors (Lipinski definition) is 26. The van der Waals surface area contributed by atoms with Gasteiger partial charge in [-0.25, -0.2) is 0 Å². The number of hydrogen-bond acceptors (Lipinski definition) is 41. The summed E-state index contributed by atoms with van der Waals surface area (Å²) < 4.78 is 88.4. The minimum absolute atomic E-state index is 0.787. The first kappa shape index (κ1) is 85.5. The molecule has 104 heavy (non-hydrogen) atoms. The van der Waals surface area contributed by atoms with Crippen LogP contribution in [0.1, 0.15) is 34.6 Å². The minimum atomic E-state index is -2.47. The van der Waals surface area contributed by atoms with Crippen molar-refractivity contribution < 1.29 is 202 Å². The molecule has 600 valence electrons. The van der Waals surface area contributed by atoms with Crippen LogP contribution in [0.15, 0.2) is 0 Å². The molecule has 8 heterocycles. The van der Waals surface area contributed by atoms with Crippen LogP contribution in [0, 0.1) is 0 Å². The number of amides is 5. The molecule has 0 spiro atoms. The summed E-state index contributed by atoms with van der Waals surface area (Å²) >= 11 is 0. The van der Waals surface area contributed by atoms with Gasteiger partial charge < -0.3 is 205 Å². The first-order chi connectivity index (χ1) is 49.2. The maximum Gasteiger partial charge on any atom is 0.217 e. The number of nitrogens with one attached hydrogen (secondary N) is 5. The van der Waals surface area contributed by atoms with E-state index in [1.807, 2.05) is 0 Å². The smallest absolute Gasteiger partial charge is 0.217 e. The van der Waals surface area contributed by atoms with E-state index in [1.165, 1.54) is 0 Å². The Bertz CT molecular complexity index is 2770. The molecule has 0 aliphatic carbocycles. The molecule has 0 saturated carbocycles. The van der Waals surface area contributed by atoms with Crippen LogP contribution in [0.3, 0.4) is 0 Å². The lowest BCUT2D eigenvalue weighted by molar-refractivity contribution is -0.386. The van der Waals surface area contributed by atoms with Gasteiger partial charge in [0, 0.05) is 34.6 Å². The summed E-state index contributed by atoms with van der Waals surface area (Å²) in [5, 5.41) is 244. The van der Waals surface area contributed by atoms with E-state index < -0.39 is 328 Å². The molecule has 0 aromatic heterocycles. The molecule has 0 aromatic carbocycles. The molecule has 8 rings (SSSR count). The van der Waals surface area contributed by atoms with Gasteiger partial charge in [0.2, 0.25) is 29.5 Å². The van der Waals surface area contributed by atoms with Gasteiger partial charge in [-0.1, -0.05) is 0 Å². The predicted molar refractivity (Wildman–Crippen MR) is 322 cm³/mol. The molecule has 8 saturated heterocycles. The van der Waals surface area contributed by atoms with Crippen LogP contribution >= 0.6 is 0 Å². The van der Waals surface area contributed by atoms with Crippen LogP contribution < -0.4 is 26.6 Å². The Morgan fingerprint density at radius 3 is 0.904 bits per heavy atom. The van der Waals surface area contributed by atoms with E-state index in [0.29, 0.717) is 0 Å². The first-order valence-corrected chi connectivity index (χ1v) is 33.1. The Morgan fingerprint density at radius 2 is 0.510 bits per heavy atom. The number of aliphatic hydroxyl groups is 21. The molecule has 0 bridgehead atoms. The normalized spacial score (nSPS) is 47.2. The van der Waals surface area contributed by atoms with Gasteiger partial charge in [0.1, 0.15) is 195 Å². The second-order valence-electron chi connectivity index (χ2n) is 26.1. The lowest BCUT2D eigenvalue weighted by Crippen LogP contribution is -2.71. The second kappa shape index (κ2) is 37.5. The van der Waals surface area contributed by atoms with Crippen molar-refractivity contribution in [1.29, 1.82) is 0 Å². The van der Waals surface area contributed by atoms with Crippen LogP contribution in [-0.2, 0) is 95.0 Å². The molecule has 40 atom stereocenters. The fraction of sp³-hybridized carbons (Fsp3) is 0.914. The topological polar surface area (TPSA) is 709 Å². The van der Waals surface area contributed by atoms with Gasteiger partial charge in [-0.3, -0.25) is 24.0 Å². The Hall–Kier alpha value is -4.09. The van der Waals surface area contributed by atoms with E-state index in [1.54, 1.807) is 0 Å². The number of carbonyl (C=O) groups excluding carboxylic acids is 5. The van der Waals surface area contributed by atoms with Crippen molar-refractivity contribution in [3.63, 3.8) is 0 Å². The van der Waals surface area contributed by atoms with E-state index in [0.717, 1.165) is 34.6 Å². The third-order valence-electron chi connectivity index (χ3n) is 18.6. The number of carbonyl (C=O) groups is 5. The summed E-state index contributed by atoms with van der Waals surface area (Å²) in [6, 6.07) is -8.98. The summed E-state index contributed by atoms with van der Waals surface area (Å²) in [7, 11) is 0. The van der Waals surface area contributed by atoms with Crippen molar-refractivity contribution in [3.8, 4) is 0 Å². The highest BCUT2D eigenvalue weighted by Crippen LogP contribution is 2.39. The zero-order valence-electron chi connectivity index (χ0n) is 56.3. The van der Waals surface area contributed by atoms with Gasteiger partial charge in [-0.15, -0.1) is 0 Å². The van der Waals surface area contributed by atoms with Gasteiger partial charge in [0.25, 0.3) is 0 Å². The Balaban J connectivity index is 1.11. The molecule has 46 heteroatoms. The van der Waals surface area contributed by atoms with E-state index in [4.69, 9.17) is 71.1 Å². The summed E-state index contributed by atoms with van der Waals surface area (Å²) in [6.07, 6.45) is -69.8. The van der Waals surface area contributed by atoms with Gasteiger partial charge in [0.05, 0.1) is 52.9 Å². The van der Waals surface area contributed by atoms with Crippen LogP contribution in [0.4, 0.5) is 0 Å². The summed E-state index contributed by atoms with van der Waals surface area (Å²) in [6.45, 7) is -3.38. The highest BCUT2D eigenvalue weighted by atomic mass is 16.8. The van der Waals surface area contributed by atoms with Gasteiger partial charge in [-0.05, 0) is 0 Å². The summed E-state index contributed by atoms with van der Waals surface area (Å²) in [4.78, 5) is 63.4. The largest absolute Gasteiger partial charge is 0.394 e. The molecule has 8 fully saturated rings. The Kier molecular flexibility index (Phi) is 30.9. The standard InChI is InChI=1S/C58H97N5O41/c1-14(71)59-27-37(81)32(76)19(6-64)92-53(27)99-45-24(11-69)96-55(29(39(45)83)61-16(3)73)104-50-36(80)26(13-90-52-28(60-15(2)72)38(82)46(23(10-68)95-52)100-56-42(86)41(85)33(77)20(7-65)93-56)98-58(44(50)88)101-47-25(12-70)97-54(30(40(47)84)62-17(4)74)103-49-35(79)22(9-67)94-57(43(49)87)102-48-31(63-18(5)75)51(89)91-21(8-66)34(48)78/h19-58,64-70,76-89H,6-13H2,1-5H3,(H,59,71)(H,60,72)(H,61,73)(H,62,74)(H,63,75)/t19-,20-,21-,22-,23-,24-,25-,26-,27-,28-,29-,30-,31-,32-,33+,34+,35+,36+,37-,38+,39-,40-,41+,42-,43-,44-,45-,46-,47-,48-,49+,50+,51?,52-,53+,54+,55+,56+,57+,58+/m1/s1. The predicted octanol–water partition coefficient (Wildman–Crippen LogP) is -17.7. The van der Waals surface area contributed by atoms with E-state index in [2.05, 4.69) is 26.6 Å². The maximum absolute atomic E-state index is 13.1. The number of rotatable bonds is 27. The van der Waals surface area contributed by atoms with E-state index in [9.17, 15) is 131 Å². The zero-order chi connectivity index (χ0) is 76.8. The number of ether oxygens (including phenoxy) is 15. The Labute approximate surface area is 589 Å². The molecular weight excluding hydrogens is 1420 g/mol. The third-order valence-corrected chi connectivity index (χ3v) is 18.6.